The number of benzene rings is 1. The topological polar surface area (TPSA) is 33.7 Å². The van der Waals surface area contributed by atoms with E-state index < -0.39 is 0 Å². The Balaban J connectivity index is 1.71. The number of piperazine rings is 1. The van der Waals surface area contributed by atoms with E-state index in [0.29, 0.717) is 6.04 Å². The van der Waals surface area contributed by atoms with Crippen molar-refractivity contribution in [2.24, 2.45) is 0 Å². The Morgan fingerprint density at radius 3 is 2.86 bits per heavy atom. The Hall–Kier alpha value is -0.940. The maximum atomic E-state index is 5.69. The molecule has 0 radical (unpaired) electrons. The van der Waals surface area contributed by atoms with E-state index in [1.54, 1.807) is 7.11 Å². The molecule has 1 aliphatic heterocycles. The summed E-state index contributed by atoms with van der Waals surface area (Å²) in [5, 5.41) is 3.50. The van der Waals surface area contributed by atoms with Gasteiger partial charge < -0.3 is 14.8 Å². The molecule has 4 nitrogen and oxygen atoms in total. The highest BCUT2D eigenvalue weighted by Gasteiger charge is 2.21. The SMILES string of the molecule is COCCCOCCN1CCNCC1Cc1ccccc1. The van der Waals surface area contributed by atoms with Gasteiger partial charge in [-0.05, 0) is 18.4 Å². The summed E-state index contributed by atoms with van der Waals surface area (Å²) in [5.41, 5.74) is 1.41. The molecule has 0 saturated carbocycles. The van der Waals surface area contributed by atoms with Crippen LogP contribution in [-0.4, -0.2) is 64.1 Å². The molecule has 1 fully saturated rings. The van der Waals surface area contributed by atoms with Crippen molar-refractivity contribution in [2.45, 2.75) is 18.9 Å². The molecule has 1 aromatic carbocycles. The molecule has 1 unspecified atom stereocenters. The van der Waals surface area contributed by atoms with Crippen LogP contribution in [0.3, 0.4) is 0 Å². The molecule has 21 heavy (non-hydrogen) atoms. The zero-order chi connectivity index (χ0) is 14.8. The van der Waals surface area contributed by atoms with Gasteiger partial charge in [-0.3, -0.25) is 4.90 Å². The van der Waals surface area contributed by atoms with Gasteiger partial charge in [-0.1, -0.05) is 30.3 Å². The fourth-order valence-electron chi connectivity index (χ4n) is 2.77. The normalized spacial score (nSPS) is 19.8. The van der Waals surface area contributed by atoms with E-state index in [9.17, 15) is 0 Å². The summed E-state index contributed by atoms with van der Waals surface area (Å²) in [4.78, 5) is 2.56. The number of rotatable bonds is 9. The Bertz CT molecular complexity index is 372. The van der Waals surface area contributed by atoms with Gasteiger partial charge in [0.15, 0.2) is 0 Å². The molecule has 0 spiro atoms. The summed E-state index contributed by atoms with van der Waals surface area (Å²) in [6, 6.07) is 11.3. The highest BCUT2D eigenvalue weighted by atomic mass is 16.5. The Morgan fingerprint density at radius 1 is 1.19 bits per heavy atom. The molecular weight excluding hydrogens is 264 g/mol. The molecule has 0 bridgehead atoms. The number of ether oxygens (including phenoxy) is 2. The molecule has 118 valence electrons. The van der Waals surface area contributed by atoms with Gasteiger partial charge in [-0.15, -0.1) is 0 Å². The Kier molecular flexibility index (Phi) is 7.75. The smallest absolute Gasteiger partial charge is 0.0593 e. The van der Waals surface area contributed by atoms with Crippen LogP contribution < -0.4 is 5.32 Å². The van der Waals surface area contributed by atoms with Crippen molar-refractivity contribution in [1.82, 2.24) is 10.2 Å². The van der Waals surface area contributed by atoms with Crippen molar-refractivity contribution in [3.8, 4) is 0 Å². The highest BCUT2D eigenvalue weighted by molar-refractivity contribution is 5.16. The molecule has 0 aromatic heterocycles. The first-order valence-corrected chi connectivity index (χ1v) is 7.95. The van der Waals surface area contributed by atoms with Crippen molar-refractivity contribution in [1.29, 1.82) is 0 Å². The van der Waals surface area contributed by atoms with Gasteiger partial charge in [-0.25, -0.2) is 0 Å². The predicted molar refractivity (Wildman–Crippen MR) is 85.7 cm³/mol. The van der Waals surface area contributed by atoms with Crippen LogP contribution in [0.1, 0.15) is 12.0 Å². The second-order valence-electron chi connectivity index (χ2n) is 5.54. The third kappa shape index (κ3) is 6.14. The van der Waals surface area contributed by atoms with Crippen LogP contribution in [0.25, 0.3) is 0 Å². The fraction of sp³-hybridized carbons (Fsp3) is 0.647. The van der Waals surface area contributed by atoms with Crippen LogP contribution in [-0.2, 0) is 15.9 Å². The number of nitrogens with one attached hydrogen (secondary N) is 1. The summed E-state index contributed by atoms with van der Waals surface area (Å²) in [6.07, 6.45) is 2.09. The second-order valence-corrected chi connectivity index (χ2v) is 5.54. The molecule has 1 aliphatic rings. The lowest BCUT2D eigenvalue weighted by Crippen LogP contribution is -2.53. The van der Waals surface area contributed by atoms with Crippen LogP contribution in [0.2, 0.25) is 0 Å². The van der Waals surface area contributed by atoms with Gasteiger partial charge in [0, 0.05) is 52.5 Å². The van der Waals surface area contributed by atoms with Gasteiger partial charge >= 0.3 is 0 Å². The molecule has 0 amide bonds. The van der Waals surface area contributed by atoms with Crippen molar-refractivity contribution >= 4 is 0 Å². The average Bonchev–Trinajstić information content (AvgIpc) is 2.53. The summed E-state index contributed by atoms with van der Waals surface area (Å²) in [6.45, 7) is 6.67. The third-order valence-electron chi connectivity index (χ3n) is 3.95. The fourth-order valence-corrected chi connectivity index (χ4v) is 2.77. The average molecular weight is 292 g/mol. The molecule has 2 rings (SSSR count). The molecular formula is C17H28N2O2. The van der Waals surface area contributed by atoms with Crippen molar-refractivity contribution < 1.29 is 9.47 Å². The molecule has 1 aromatic rings. The monoisotopic (exact) mass is 292 g/mol. The number of hydrogen-bond acceptors (Lipinski definition) is 4. The molecule has 0 aliphatic carbocycles. The number of nitrogens with zero attached hydrogens (tertiary/aromatic N) is 1. The molecule has 1 saturated heterocycles. The Labute approximate surface area is 128 Å². The van der Waals surface area contributed by atoms with Crippen LogP contribution in [0.15, 0.2) is 30.3 Å². The lowest BCUT2D eigenvalue weighted by molar-refractivity contribution is 0.0650. The Morgan fingerprint density at radius 2 is 2.05 bits per heavy atom. The minimum Gasteiger partial charge on any atom is -0.385 e. The van der Waals surface area contributed by atoms with Crippen LogP contribution in [0, 0.1) is 0 Å². The maximum absolute atomic E-state index is 5.69. The van der Waals surface area contributed by atoms with Gasteiger partial charge in [0.05, 0.1) is 6.61 Å². The van der Waals surface area contributed by atoms with E-state index in [1.807, 2.05) is 0 Å². The largest absolute Gasteiger partial charge is 0.385 e. The van der Waals surface area contributed by atoms with Gasteiger partial charge in [0.2, 0.25) is 0 Å². The zero-order valence-corrected chi connectivity index (χ0v) is 13.1. The lowest BCUT2D eigenvalue weighted by Gasteiger charge is -2.36. The summed E-state index contributed by atoms with van der Waals surface area (Å²) < 4.78 is 10.7. The van der Waals surface area contributed by atoms with Gasteiger partial charge in [0.1, 0.15) is 0 Å². The summed E-state index contributed by atoms with van der Waals surface area (Å²) in [7, 11) is 1.73. The van der Waals surface area contributed by atoms with Crippen molar-refractivity contribution in [3.05, 3.63) is 35.9 Å². The first-order valence-electron chi connectivity index (χ1n) is 7.95. The van der Waals surface area contributed by atoms with Gasteiger partial charge in [0.25, 0.3) is 0 Å². The predicted octanol–water partition coefficient (Wildman–Crippen LogP) is 1.56. The minimum absolute atomic E-state index is 0.573. The maximum Gasteiger partial charge on any atom is 0.0593 e. The second kappa shape index (κ2) is 9.90. The van der Waals surface area contributed by atoms with Crippen LogP contribution in [0.4, 0.5) is 0 Å². The zero-order valence-electron chi connectivity index (χ0n) is 13.1. The van der Waals surface area contributed by atoms with Crippen LogP contribution in [0.5, 0.6) is 0 Å². The molecule has 4 heteroatoms. The van der Waals surface area contributed by atoms with E-state index in [4.69, 9.17) is 9.47 Å². The minimum atomic E-state index is 0.573. The van der Waals surface area contributed by atoms with E-state index in [2.05, 4.69) is 40.5 Å². The molecule has 1 heterocycles. The van der Waals surface area contributed by atoms with Crippen LogP contribution >= 0.6 is 0 Å². The van der Waals surface area contributed by atoms with Crippen molar-refractivity contribution in [2.75, 3.05) is 53.1 Å². The first kappa shape index (κ1) is 16.4. The van der Waals surface area contributed by atoms with E-state index in [1.165, 1.54) is 5.56 Å². The quantitative estimate of drug-likeness (QED) is 0.700. The van der Waals surface area contributed by atoms with Crippen molar-refractivity contribution in [3.63, 3.8) is 0 Å². The molecule has 1 N–H and O–H groups in total. The summed E-state index contributed by atoms with van der Waals surface area (Å²) in [5.74, 6) is 0. The standard InChI is InChI=1S/C17H28N2O2/c1-20-11-5-12-21-13-10-19-9-8-18-15-17(19)14-16-6-3-2-4-7-16/h2-4,6-7,17-18H,5,8-15H2,1H3. The molecule has 1 atom stereocenters. The van der Waals surface area contributed by atoms with E-state index in [0.717, 1.165) is 58.8 Å². The summed E-state index contributed by atoms with van der Waals surface area (Å²) >= 11 is 0. The number of methoxy groups -OCH3 is 1. The lowest BCUT2D eigenvalue weighted by atomic mass is 10.0. The number of hydrogen-bond donors (Lipinski definition) is 1. The van der Waals surface area contributed by atoms with Gasteiger partial charge in [-0.2, -0.15) is 0 Å². The third-order valence-corrected chi connectivity index (χ3v) is 3.95. The highest BCUT2D eigenvalue weighted by Crippen LogP contribution is 2.10. The van der Waals surface area contributed by atoms with E-state index >= 15 is 0 Å². The first-order chi connectivity index (χ1) is 10.4. The van der Waals surface area contributed by atoms with E-state index in [-0.39, 0.29) is 0 Å².